The van der Waals surface area contributed by atoms with Crippen LogP contribution < -0.4 is 16.3 Å². The topological polar surface area (TPSA) is 66.3 Å². The molecular weight excluding hydrogens is 312 g/mol. The highest BCUT2D eigenvalue weighted by Crippen LogP contribution is 2.21. The van der Waals surface area contributed by atoms with E-state index in [9.17, 15) is 0 Å². The first-order valence-corrected chi connectivity index (χ1v) is 7.43. The lowest BCUT2D eigenvalue weighted by Crippen LogP contribution is -2.32. The van der Waals surface area contributed by atoms with Gasteiger partial charge in [0.1, 0.15) is 0 Å². The van der Waals surface area contributed by atoms with E-state index < -0.39 is 0 Å². The maximum absolute atomic E-state index is 5.86. The summed E-state index contributed by atoms with van der Waals surface area (Å²) >= 11 is 5.86. The lowest BCUT2D eigenvalue weighted by atomic mass is 10.2. The molecule has 2 heterocycles. The van der Waals surface area contributed by atoms with Gasteiger partial charge in [0, 0.05) is 5.02 Å². The van der Waals surface area contributed by atoms with Gasteiger partial charge in [-0.15, -0.1) is 0 Å². The van der Waals surface area contributed by atoms with Gasteiger partial charge in [-0.05, 0) is 29.8 Å². The van der Waals surface area contributed by atoms with Crippen LogP contribution in [0, 0.1) is 0 Å². The van der Waals surface area contributed by atoms with Crippen molar-refractivity contribution in [1.29, 1.82) is 0 Å². The van der Waals surface area contributed by atoms with Crippen molar-refractivity contribution in [2.75, 3.05) is 5.43 Å². The largest absolute Gasteiger partial charge is 0.281 e. The first kappa shape index (κ1) is 13.7. The van der Waals surface area contributed by atoms with Crippen LogP contribution in [0.3, 0.4) is 0 Å². The van der Waals surface area contributed by atoms with E-state index in [1.165, 1.54) is 0 Å². The third-order valence-electron chi connectivity index (χ3n) is 3.43. The van der Waals surface area contributed by atoms with Crippen LogP contribution in [0.5, 0.6) is 0 Å². The number of aromatic nitrogens is 2. The first-order valence-electron chi connectivity index (χ1n) is 7.05. The van der Waals surface area contributed by atoms with E-state index in [1.807, 2.05) is 59.3 Å². The molecule has 3 N–H and O–H groups in total. The van der Waals surface area contributed by atoms with Crippen LogP contribution in [-0.2, 0) is 0 Å². The molecule has 7 heteroatoms. The number of para-hydroxylation sites is 2. The number of nitrogens with zero attached hydrogens (tertiary/aromatic N) is 3. The second-order valence-corrected chi connectivity index (χ2v) is 5.44. The number of benzene rings is 2. The number of hydrazone groups is 1. The smallest absolute Gasteiger partial charge is 0.227 e. The highest BCUT2D eigenvalue weighted by atomic mass is 35.5. The molecule has 0 radical (unpaired) electrons. The number of hydrogen-bond acceptors (Lipinski definition) is 5. The number of anilines is 1. The number of fused-ring (bicyclic) bond motifs is 3. The summed E-state index contributed by atoms with van der Waals surface area (Å²) in [4.78, 5) is 4.49. The van der Waals surface area contributed by atoms with Crippen LogP contribution in [0.2, 0.25) is 5.02 Å². The maximum Gasteiger partial charge on any atom is 0.227 e. The Hall–Kier alpha value is -2.99. The molecule has 0 bridgehead atoms. The minimum Gasteiger partial charge on any atom is -0.281 e. The zero-order valence-corrected chi connectivity index (χ0v) is 12.7. The summed E-state index contributed by atoms with van der Waals surface area (Å²) in [5.74, 6) is 1.45. The molecule has 114 valence electrons. The molecule has 0 aliphatic carbocycles. The predicted molar refractivity (Wildman–Crippen MR) is 92.9 cm³/mol. The molecule has 23 heavy (non-hydrogen) atoms. The fraction of sp³-hybridized carbons (Fsp3) is 0. The van der Waals surface area contributed by atoms with E-state index in [-0.39, 0.29) is 0 Å². The van der Waals surface area contributed by atoms with E-state index in [1.54, 1.807) is 6.21 Å². The molecular formula is C16H13ClN6. The monoisotopic (exact) mass is 324 g/mol. The summed E-state index contributed by atoms with van der Waals surface area (Å²) in [7, 11) is 0. The first-order chi connectivity index (χ1) is 11.3. The lowest BCUT2D eigenvalue weighted by molar-refractivity contribution is 0.753. The fourth-order valence-corrected chi connectivity index (χ4v) is 2.46. The second-order valence-electron chi connectivity index (χ2n) is 5.01. The van der Waals surface area contributed by atoms with Crippen LogP contribution in [0.15, 0.2) is 59.5 Å². The molecule has 0 fully saturated rings. The molecule has 3 aromatic rings. The minimum atomic E-state index is 0.704. The zero-order chi connectivity index (χ0) is 15.6. The summed E-state index contributed by atoms with van der Waals surface area (Å²) in [6, 6.07) is 15.4. The average molecular weight is 325 g/mol. The Labute approximate surface area is 137 Å². The average Bonchev–Trinajstić information content (AvgIpc) is 2.95. The van der Waals surface area contributed by atoms with Gasteiger partial charge in [-0.1, -0.05) is 35.9 Å². The molecule has 0 saturated heterocycles. The zero-order valence-electron chi connectivity index (χ0n) is 12.0. The number of hydrazine groups is 1. The Kier molecular flexibility index (Phi) is 3.36. The molecule has 4 rings (SSSR count). The van der Waals surface area contributed by atoms with Crippen LogP contribution in [0.4, 0.5) is 5.95 Å². The standard InChI is InChI=1S/C16H13ClN6/c17-12-7-5-11(6-8-12)9-18-20-15-10-23-14-4-2-1-3-13(14)19-16(23)22-21-15/h1-10,20-21H,(H,19,22). The minimum absolute atomic E-state index is 0.704. The number of imidazole rings is 1. The van der Waals surface area contributed by atoms with Crippen molar-refractivity contribution in [2.24, 2.45) is 5.10 Å². The Balaban J connectivity index is 1.55. The predicted octanol–water partition coefficient (Wildman–Crippen LogP) is 3.00. The molecule has 1 aliphatic heterocycles. The Morgan fingerprint density at radius 3 is 2.78 bits per heavy atom. The normalized spacial score (nSPS) is 13.3. The number of rotatable bonds is 3. The molecule has 0 amide bonds. The number of halogens is 1. The number of hydrogen-bond donors (Lipinski definition) is 3. The quantitative estimate of drug-likeness (QED) is 0.512. The fourth-order valence-electron chi connectivity index (χ4n) is 2.33. The summed E-state index contributed by atoms with van der Waals surface area (Å²) in [5, 5.41) is 4.91. The van der Waals surface area contributed by atoms with E-state index >= 15 is 0 Å². The van der Waals surface area contributed by atoms with E-state index in [2.05, 4.69) is 26.4 Å². The van der Waals surface area contributed by atoms with Crippen molar-refractivity contribution in [1.82, 2.24) is 20.4 Å². The maximum atomic E-state index is 5.86. The van der Waals surface area contributed by atoms with Gasteiger partial charge in [0.2, 0.25) is 5.95 Å². The van der Waals surface area contributed by atoms with Crippen LogP contribution in [0.1, 0.15) is 5.56 Å². The highest BCUT2D eigenvalue weighted by Gasteiger charge is 2.13. The lowest BCUT2D eigenvalue weighted by Gasteiger charge is -2.18. The molecule has 2 aromatic carbocycles. The Bertz CT molecular complexity index is 910. The molecule has 0 unspecified atom stereocenters. The van der Waals surface area contributed by atoms with Crippen LogP contribution in [0.25, 0.3) is 17.2 Å². The van der Waals surface area contributed by atoms with Crippen molar-refractivity contribution in [3.8, 4) is 0 Å². The summed E-state index contributed by atoms with van der Waals surface area (Å²) in [6.45, 7) is 0. The van der Waals surface area contributed by atoms with Crippen LogP contribution >= 0.6 is 11.6 Å². The van der Waals surface area contributed by atoms with Crippen molar-refractivity contribution in [3.05, 3.63) is 64.9 Å². The third-order valence-corrected chi connectivity index (χ3v) is 3.68. The Morgan fingerprint density at radius 1 is 1.09 bits per heavy atom. The summed E-state index contributed by atoms with van der Waals surface area (Å²) in [6.07, 6.45) is 3.63. The molecule has 0 atom stereocenters. The van der Waals surface area contributed by atoms with Gasteiger partial charge in [-0.2, -0.15) is 5.10 Å². The van der Waals surface area contributed by atoms with E-state index in [0.717, 1.165) is 22.5 Å². The van der Waals surface area contributed by atoms with Gasteiger partial charge < -0.3 is 0 Å². The van der Waals surface area contributed by atoms with Crippen molar-refractivity contribution in [2.45, 2.75) is 0 Å². The summed E-state index contributed by atoms with van der Waals surface area (Å²) < 4.78 is 1.96. The highest BCUT2D eigenvalue weighted by molar-refractivity contribution is 6.30. The molecule has 6 nitrogen and oxygen atoms in total. The van der Waals surface area contributed by atoms with Gasteiger partial charge >= 0.3 is 0 Å². The molecule has 1 aromatic heterocycles. The molecule has 0 spiro atoms. The van der Waals surface area contributed by atoms with Gasteiger partial charge in [0.15, 0.2) is 5.82 Å². The molecule has 0 saturated carbocycles. The van der Waals surface area contributed by atoms with Gasteiger partial charge in [0.05, 0.1) is 23.4 Å². The van der Waals surface area contributed by atoms with Crippen molar-refractivity contribution < 1.29 is 0 Å². The summed E-state index contributed by atoms with van der Waals surface area (Å²) in [5.41, 5.74) is 11.9. The van der Waals surface area contributed by atoms with Crippen molar-refractivity contribution >= 4 is 41.0 Å². The van der Waals surface area contributed by atoms with E-state index in [4.69, 9.17) is 11.6 Å². The van der Waals surface area contributed by atoms with E-state index in [0.29, 0.717) is 10.8 Å². The second kappa shape index (κ2) is 5.66. The van der Waals surface area contributed by atoms with Gasteiger partial charge in [-0.3, -0.25) is 20.8 Å². The van der Waals surface area contributed by atoms with Crippen LogP contribution in [-0.4, -0.2) is 15.8 Å². The van der Waals surface area contributed by atoms with Gasteiger partial charge in [-0.25, -0.2) is 4.98 Å². The third kappa shape index (κ3) is 2.72. The Morgan fingerprint density at radius 2 is 1.91 bits per heavy atom. The van der Waals surface area contributed by atoms with Crippen molar-refractivity contribution in [3.63, 3.8) is 0 Å². The SMILES string of the molecule is Clc1ccc(C=NNC2=Cn3c(nc4ccccc43)NN2)cc1. The molecule has 1 aliphatic rings. The number of nitrogens with one attached hydrogen (secondary N) is 3. The van der Waals surface area contributed by atoms with Gasteiger partial charge in [0.25, 0.3) is 0 Å².